The third-order valence-electron chi connectivity index (χ3n) is 3.27. The number of hydrogen-bond acceptors (Lipinski definition) is 3. The van der Waals surface area contributed by atoms with E-state index >= 15 is 0 Å². The summed E-state index contributed by atoms with van der Waals surface area (Å²) in [6.45, 7) is 3.48. The maximum Gasteiger partial charge on any atom is 0.244 e. The Bertz CT molecular complexity index is 663. The van der Waals surface area contributed by atoms with Crippen LogP contribution in [0.15, 0.2) is 36.4 Å². The number of anilines is 1. The summed E-state index contributed by atoms with van der Waals surface area (Å²) in [5.41, 5.74) is 7.82. The maximum absolute atomic E-state index is 13.2. The molecule has 0 aliphatic rings. The Hall–Kier alpha value is -2.56. The highest BCUT2D eigenvalue weighted by Crippen LogP contribution is 2.28. The zero-order valence-corrected chi connectivity index (χ0v) is 11.9. The standard InChI is InChI=1S/C16H17FN2O2/c1-9-6-11(7-10(2)15(9)20)14(16(18)21)19-13-5-3-4-12(17)8-13/h3-8,14,19-20H,1-2H3,(H2,18,21). The van der Waals surface area contributed by atoms with Gasteiger partial charge < -0.3 is 16.2 Å². The van der Waals surface area contributed by atoms with Crippen LogP contribution in [0.1, 0.15) is 22.7 Å². The summed E-state index contributed by atoms with van der Waals surface area (Å²) in [5, 5.41) is 12.7. The summed E-state index contributed by atoms with van der Waals surface area (Å²) >= 11 is 0. The van der Waals surface area contributed by atoms with E-state index in [1.54, 1.807) is 38.1 Å². The van der Waals surface area contributed by atoms with E-state index in [1.165, 1.54) is 12.1 Å². The summed E-state index contributed by atoms with van der Waals surface area (Å²) < 4.78 is 13.2. The molecule has 4 N–H and O–H groups in total. The van der Waals surface area contributed by atoms with Crippen LogP contribution in [0.5, 0.6) is 5.75 Å². The molecule has 4 nitrogen and oxygen atoms in total. The number of benzene rings is 2. The molecule has 110 valence electrons. The van der Waals surface area contributed by atoms with E-state index in [1.807, 2.05) is 0 Å². The third-order valence-corrected chi connectivity index (χ3v) is 3.27. The molecule has 0 spiro atoms. The van der Waals surface area contributed by atoms with Gasteiger partial charge in [-0.1, -0.05) is 6.07 Å². The highest BCUT2D eigenvalue weighted by molar-refractivity contribution is 5.84. The van der Waals surface area contributed by atoms with Crippen LogP contribution in [0.3, 0.4) is 0 Å². The Morgan fingerprint density at radius 1 is 1.24 bits per heavy atom. The number of nitrogens with two attached hydrogens (primary N) is 1. The highest BCUT2D eigenvalue weighted by Gasteiger charge is 2.19. The summed E-state index contributed by atoms with van der Waals surface area (Å²) in [6.07, 6.45) is 0. The number of nitrogens with one attached hydrogen (secondary N) is 1. The highest BCUT2D eigenvalue weighted by atomic mass is 19.1. The molecule has 21 heavy (non-hydrogen) atoms. The number of phenols is 1. The minimum atomic E-state index is -0.801. The lowest BCUT2D eigenvalue weighted by molar-refractivity contribution is -0.118. The van der Waals surface area contributed by atoms with Gasteiger partial charge in [0.25, 0.3) is 0 Å². The van der Waals surface area contributed by atoms with Crippen LogP contribution in [0.4, 0.5) is 10.1 Å². The summed E-state index contributed by atoms with van der Waals surface area (Å²) in [6, 6.07) is 8.37. The second-order valence-electron chi connectivity index (χ2n) is 4.99. The number of primary amides is 1. The minimum absolute atomic E-state index is 0.188. The number of aryl methyl sites for hydroxylation is 2. The van der Waals surface area contributed by atoms with Gasteiger partial charge in [-0.25, -0.2) is 4.39 Å². The number of halogens is 1. The monoisotopic (exact) mass is 288 g/mol. The Kier molecular flexibility index (Phi) is 4.12. The molecule has 2 rings (SSSR count). The summed E-state index contributed by atoms with van der Waals surface area (Å²) in [7, 11) is 0. The van der Waals surface area contributed by atoms with Crippen LogP contribution < -0.4 is 11.1 Å². The second-order valence-corrected chi connectivity index (χ2v) is 4.99. The molecule has 0 fully saturated rings. The third kappa shape index (κ3) is 3.31. The van der Waals surface area contributed by atoms with Crippen molar-refractivity contribution in [2.75, 3.05) is 5.32 Å². The molecule has 2 aromatic rings. The van der Waals surface area contributed by atoms with Gasteiger partial charge in [0.15, 0.2) is 0 Å². The molecule has 0 aromatic heterocycles. The smallest absolute Gasteiger partial charge is 0.244 e. The number of hydrogen-bond donors (Lipinski definition) is 3. The van der Waals surface area contributed by atoms with Crippen molar-refractivity contribution in [2.24, 2.45) is 5.73 Å². The van der Waals surface area contributed by atoms with Gasteiger partial charge >= 0.3 is 0 Å². The van der Waals surface area contributed by atoms with Crippen molar-refractivity contribution in [3.63, 3.8) is 0 Å². The van der Waals surface area contributed by atoms with E-state index in [9.17, 15) is 14.3 Å². The van der Waals surface area contributed by atoms with E-state index in [2.05, 4.69) is 5.32 Å². The fraction of sp³-hybridized carbons (Fsp3) is 0.188. The molecular formula is C16H17FN2O2. The van der Waals surface area contributed by atoms with Gasteiger partial charge in [0.2, 0.25) is 5.91 Å². The Balaban J connectivity index is 2.38. The van der Waals surface area contributed by atoms with Crippen LogP contribution in [0, 0.1) is 19.7 Å². The van der Waals surface area contributed by atoms with Gasteiger partial charge in [-0.3, -0.25) is 4.79 Å². The summed E-state index contributed by atoms with van der Waals surface area (Å²) in [5.74, 6) is -0.794. The van der Waals surface area contributed by atoms with E-state index in [4.69, 9.17) is 5.73 Å². The average molecular weight is 288 g/mol. The quantitative estimate of drug-likeness (QED) is 0.809. The van der Waals surface area contributed by atoms with E-state index in [-0.39, 0.29) is 5.75 Å². The van der Waals surface area contributed by atoms with Gasteiger partial charge in [0, 0.05) is 5.69 Å². The van der Waals surface area contributed by atoms with E-state index in [0.29, 0.717) is 22.4 Å². The predicted molar refractivity (Wildman–Crippen MR) is 79.5 cm³/mol. The van der Waals surface area contributed by atoms with Gasteiger partial charge in [-0.05, 0) is 60.9 Å². The number of amides is 1. The molecule has 0 aliphatic carbocycles. The fourth-order valence-electron chi connectivity index (χ4n) is 2.22. The van der Waals surface area contributed by atoms with Crippen molar-refractivity contribution in [1.82, 2.24) is 0 Å². The first-order valence-corrected chi connectivity index (χ1v) is 6.50. The van der Waals surface area contributed by atoms with E-state index in [0.717, 1.165) is 0 Å². The van der Waals surface area contributed by atoms with Gasteiger partial charge in [0.1, 0.15) is 17.6 Å². The minimum Gasteiger partial charge on any atom is -0.507 e. The van der Waals surface area contributed by atoms with E-state index < -0.39 is 17.8 Å². The molecular weight excluding hydrogens is 271 g/mol. The van der Waals surface area contributed by atoms with Crippen molar-refractivity contribution < 1.29 is 14.3 Å². The normalized spacial score (nSPS) is 12.0. The topological polar surface area (TPSA) is 75.3 Å². The number of aromatic hydroxyl groups is 1. The molecule has 5 heteroatoms. The molecule has 1 unspecified atom stereocenters. The first-order chi connectivity index (χ1) is 9.88. The molecule has 1 amide bonds. The van der Waals surface area contributed by atoms with Crippen molar-refractivity contribution in [1.29, 1.82) is 0 Å². The van der Waals surface area contributed by atoms with Crippen LogP contribution in [-0.4, -0.2) is 11.0 Å². The maximum atomic E-state index is 13.2. The predicted octanol–water partition coefficient (Wildman–Crippen LogP) is 2.79. The van der Waals surface area contributed by atoms with Crippen molar-refractivity contribution in [2.45, 2.75) is 19.9 Å². The van der Waals surface area contributed by atoms with Crippen molar-refractivity contribution >= 4 is 11.6 Å². The molecule has 0 saturated carbocycles. The molecule has 2 aromatic carbocycles. The zero-order valence-electron chi connectivity index (χ0n) is 11.9. The first kappa shape index (κ1) is 14.8. The lowest BCUT2D eigenvalue weighted by Crippen LogP contribution is -2.27. The molecule has 0 radical (unpaired) electrons. The average Bonchev–Trinajstić information content (AvgIpc) is 2.41. The Morgan fingerprint density at radius 3 is 2.38 bits per heavy atom. The second kappa shape index (κ2) is 5.83. The lowest BCUT2D eigenvalue weighted by Gasteiger charge is -2.19. The lowest BCUT2D eigenvalue weighted by atomic mass is 9.99. The number of rotatable bonds is 4. The van der Waals surface area contributed by atoms with Crippen LogP contribution in [-0.2, 0) is 4.79 Å². The summed E-state index contributed by atoms with van der Waals surface area (Å²) in [4.78, 5) is 11.7. The molecule has 0 bridgehead atoms. The Morgan fingerprint density at radius 2 is 1.86 bits per heavy atom. The van der Waals surface area contributed by atoms with Crippen LogP contribution in [0.25, 0.3) is 0 Å². The fourth-order valence-corrected chi connectivity index (χ4v) is 2.22. The van der Waals surface area contributed by atoms with Crippen LogP contribution >= 0.6 is 0 Å². The number of carbonyl (C=O) groups is 1. The number of carbonyl (C=O) groups excluding carboxylic acids is 1. The van der Waals surface area contributed by atoms with Crippen LogP contribution in [0.2, 0.25) is 0 Å². The van der Waals surface area contributed by atoms with Crippen molar-refractivity contribution in [3.8, 4) is 5.75 Å². The molecule has 0 aliphatic heterocycles. The molecule has 0 saturated heterocycles. The first-order valence-electron chi connectivity index (χ1n) is 6.50. The van der Waals surface area contributed by atoms with Gasteiger partial charge in [0.05, 0.1) is 0 Å². The largest absolute Gasteiger partial charge is 0.507 e. The SMILES string of the molecule is Cc1cc(C(Nc2cccc(F)c2)C(N)=O)cc(C)c1O. The van der Waals surface area contributed by atoms with Crippen molar-refractivity contribution in [3.05, 3.63) is 58.9 Å². The molecule has 0 heterocycles. The number of phenolic OH excluding ortho intramolecular Hbond substituents is 1. The molecule has 1 atom stereocenters. The Labute approximate surface area is 122 Å². The van der Waals surface area contributed by atoms with Gasteiger partial charge in [-0.15, -0.1) is 0 Å². The zero-order chi connectivity index (χ0) is 15.6. The van der Waals surface area contributed by atoms with Gasteiger partial charge in [-0.2, -0.15) is 0 Å².